The highest BCUT2D eigenvalue weighted by Crippen LogP contribution is 2.07. The highest BCUT2D eigenvalue weighted by atomic mass is 16.2. The van der Waals surface area contributed by atoms with Crippen LogP contribution in [-0.4, -0.2) is 61.3 Å². The summed E-state index contributed by atoms with van der Waals surface area (Å²) in [5.41, 5.74) is 0. The second-order valence-corrected chi connectivity index (χ2v) is 4.99. The van der Waals surface area contributed by atoms with Crippen LogP contribution in [0, 0.1) is 0 Å². The van der Waals surface area contributed by atoms with Gasteiger partial charge in [-0.15, -0.1) is 0 Å². The van der Waals surface area contributed by atoms with Crippen molar-refractivity contribution in [2.24, 2.45) is 0 Å². The fourth-order valence-electron chi connectivity index (χ4n) is 2.35. The zero-order valence-corrected chi connectivity index (χ0v) is 10.8. The van der Waals surface area contributed by atoms with Crippen molar-refractivity contribution in [2.45, 2.75) is 38.5 Å². The van der Waals surface area contributed by atoms with Crippen molar-refractivity contribution in [2.75, 3.05) is 46.4 Å². The number of hydrogen-bond acceptors (Lipinski definition) is 3. The molecule has 0 aromatic carbocycles. The zero-order chi connectivity index (χ0) is 11.6. The van der Waals surface area contributed by atoms with Gasteiger partial charge in [0, 0.05) is 6.61 Å². The summed E-state index contributed by atoms with van der Waals surface area (Å²) < 4.78 is 0. The van der Waals surface area contributed by atoms with Crippen LogP contribution in [0.5, 0.6) is 0 Å². The lowest BCUT2D eigenvalue weighted by molar-refractivity contribution is 0.261. The molecule has 0 amide bonds. The minimum atomic E-state index is 0.346. The number of aliphatic hydroxyl groups excluding tert-OH is 1. The van der Waals surface area contributed by atoms with Crippen LogP contribution in [0.15, 0.2) is 0 Å². The first-order valence-electron chi connectivity index (χ1n) is 6.84. The Labute approximate surface area is 100 Å². The molecule has 0 aliphatic carbocycles. The molecule has 3 heteroatoms. The third-order valence-corrected chi connectivity index (χ3v) is 3.41. The lowest BCUT2D eigenvalue weighted by atomic mass is 10.2. The van der Waals surface area contributed by atoms with Gasteiger partial charge in [-0.05, 0) is 78.3 Å². The molecule has 3 nitrogen and oxygen atoms in total. The molecule has 1 N–H and O–H groups in total. The fourth-order valence-corrected chi connectivity index (χ4v) is 2.35. The van der Waals surface area contributed by atoms with Crippen molar-refractivity contribution in [3.63, 3.8) is 0 Å². The molecule has 0 radical (unpaired) electrons. The third kappa shape index (κ3) is 6.46. The van der Waals surface area contributed by atoms with Crippen LogP contribution in [0.3, 0.4) is 0 Å². The maximum atomic E-state index is 8.68. The molecular weight excluding hydrogens is 200 g/mol. The van der Waals surface area contributed by atoms with Gasteiger partial charge < -0.3 is 14.9 Å². The standard InChI is InChI=1S/C13H28N2O/c1-14(8-3-2-6-13-16)9-7-12-15-10-4-5-11-15/h16H,2-13H2,1H3. The van der Waals surface area contributed by atoms with Crippen LogP contribution in [0.2, 0.25) is 0 Å². The SMILES string of the molecule is CN(CCCCCO)CCCN1CCCC1. The molecule has 0 aromatic rings. The van der Waals surface area contributed by atoms with Crippen LogP contribution in [0.1, 0.15) is 38.5 Å². The minimum absolute atomic E-state index is 0.346. The van der Waals surface area contributed by atoms with Crippen LogP contribution in [-0.2, 0) is 0 Å². The van der Waals surface area contributed by atoms with Crippen molar-refractivity contribution in [1.82, 2.24) is 9.80 Å². The third-order valence-electron chi connectivity index (χ3n) is 3.41. The largest absolute Gasteiger partial charge is 0.396 e. The number of aliphatic hydroxyl groups is 1. The van der Waals surface area contributed by atoms with E-state index in [4.69, 9.17) is 5.11 Å². The van der Waals surface area contributed by atoms with Gasteiger partial charge in [-0.2, -0.15) is 0 Å². The maximum Gasteiger partial charge on any atom is 0.0431 e. The van der Waals surface area contributed by atoms with E-state index in [1.165, 1.54) is 58.4 Å². The van der Waals surface area contributed by atoms with Gasteiger partial charge in [-0.25, -0.2) is 0 Å². The maximum absolute atomic E-state index is 8.68. The van der Waals surface area contributed by atoms with Crippen molar-refractivity contribution in [3.8, 4) is 0 Å². The van der Waals surface area contributed by atoms with Gasteiger partial charge in [-0.1, -0.05) is 0 Å². The summed E-state index contributed by atoms with van der Waals surface area (Å²) in [6, 6.07) is 0. The molecule has 1 rings (SSSR count). The number of likely N-dealkylation sites (tertiary alicyclic amines) is 1. The van der Waals surface area contributed by atoms with E-state index < -0.39 is 0 Å². The van der Waals surface area contributed by atoms with Gasteiger partial charge in [0.1, 0.15) is 0 Å². The van der Waals surface area contributed by atoms with Crippen LogP contribution >= 0.6 is 0 Å². The molecule has 1 saturated heterocycles. The van der Waals surface area contributed by atoms with Crippen molar-refractivity contribution < 1.29 is 5.11 Å². The van der Waals surface area contributed by atoms with Crippen LogP contribution < -0.4 is 0 Å². The fraction of sp³-hybridized carbons (Fsp3) is 1.00. The van der Waals surface area contributed by atoms with Gasteiger partial charge in [-0.3, -0.25) is 0 Å². The zero-order valence-electron chi connectivity index (χ0n) is 10.8. The molecule has 1 heterocycles. The lowest BCUT2D eigenvalue weighted by Crippen LogP contribution is -2.26. The Morgan fingerprint density at radius 3 is 2.38 bits per heavy atom. The number of nitrogens with zero attached hydrogens (tertiary/aromatic N) is 2. The summed E-state index contributed by atoms with van der Waals surface area (Å²) in [6.45, 7) is 6.66. The summed E-state index contributed by atoms with van der Waals surface area (Å²) in [7, 11) is 2.21. The first-order chi connectivity index (χ1) is 7.83. The summed E-state index contributed by atoms with van der Waals surface area (Å²) in [5.74, 6) is 0. The quantitative estimate of drug-likeness (QED) is 0.607. The molecule has 0 atom stereocenters. The predicted octanol–water partition coefficient (Wildman–Crippen LogP) is 1.57. The highest BCUT2D eigenvalue weighted by Gasteiger charge is 2.10. The predicted molar refractivity (Wildman–Crippen MR) is 68.7 cm³/mol. The van der Waals surface area contributed by atoms with Crippen molar-refractivity contribution in [1.29, 1.82) is 0 Å². The van der Waals surface area contributed by atoms with Crippen LogP contribution in [0.25, 0.3) is 0 Å². The van der Waals surface area contributed by atoms with Gasteiger partial charge >= 0.3 is 0 Å². The molecule has 1 aliphatic rings. The van der Waals surface area contributed by atoms with E-state index in [2.05, 4.69) is 16.8 Å². The van der Waals surface area contributed by atoms with Gasteiger partial charge in [0.05, 0.1) is 0 Å². The van der Waals surface area contributed by atoms with Crippen molar-refractivity contribution in [3.05, 3.63) is 0 Å². The van der Waals surface area contributed by atoms with Gasteiger partial charge in [0.15, 0.2) is 0 Å². The molecule has 0 saturated carbocycles. The number of unbranched alkanes of at least 4 members (excludes halogenated alkanes) is 2. The molecule has 96 valence electrons. The Morgan fingerprint density at radius 2 is 1.69 bits per heavy atom. The average molecular weight is 228 g/mol. The second-order valence-electron chi connectivity index (χ2n) is 4.99. The molecule has 0 unspecified atom stereocenters. The van der Waals surface area contributed by atoms with E-state index in [1.807, 2.05) is 0 Å². The Morgan fingerprint density at radius 1 is 1.00 bits per heavy atom. The normalized spacial score (nSPS) is 17.4. The Balaban J connectivity index is 1.87. The Bertz CT molecular complexity index is 158. The average Bonchev–Trinajstić information content (AvgIpc) is 2.77. The topological polar surface area (TPSA) is 26.7 Å². The molecule has 1 aliphatic heterocycles. The molecule has 0 bridgehead atoms. The minimum Gasteiger partial charge on any atom is -0.396 e. The monoisotopic (exact) mass is 228 g/mol. The lowest BCUT2D eigenvalue weighted by Gasteiger charge is -2.19. The first-order valence-corrected chi connectivity index (χ1v) is 6.84. The summed E-state index contributed by atoms with van der Waals surface area (Å²) >= 11 is 0. The van der Waals surface area contributed by atoms with Gasteiger partial charge in [0.25, 0.3) is 0 Å². The smallest absolute Gasteiger partial charge is 0.0431 e. The molecular formula is C13H28N2O. The van der Waals surface area contributed by atoms with E-state index >= 15 is 0 Å². The Kier molecular flexibility index (Phi) is 7.81. The summed E-state index contributed by atoms with van der Waals surface area (Å²) in [6.07, 6.45) is 7.44. The molecule has 0 aromatic heterocycles. The second kappa shape index (κ2) is 8.97. The Hall–Kier alpha value is -0.120. The number of rotatable bonds is 9. The molecule has 1 fully saturated rings. The van der Waals surface area contributed by atoms with Gasteiger partial charge in [0.2, 0.25) is 0 Å². The first kappa shape index (κ1) is 13.9. The van der Waals surface area contributed by atoms with E-state index in [0.717, 1.165) is 12.8 Å². The highest BCUT2D eigenvalue weighted by molar-refractivity contribution is 4.66. The van der Waals surface area contributed by atoms with E-state index in [9.17, 15) is 0 Å². The molecule has 0 spiro atoms. The summed E-state index contributed by atoms with van der Waals surface area (Å²) in [4.78, 5) is 5.01. The molecule has 16 heavy (non-hydrogen) atoms. The van der Waals surface area contributed by atoms with E-state index in [1.54, 1.807) is 0 Å². The number of hydrogen-bond donors (Lipinski definition) is 1. The van der Waals surface area contributed by atoms with E-state index in [0.29, 0.717) is 6.61 Å². The van der Waals surface area contributed by atoms with E-state index in [-0.39, 0.29) is 0 Å². The summed E-state index contributed by atoms with van der Waals surface area (Å²) in [5, 5.41) is 8.68. The van der Waals surface area contributed by atoms with Crippen LogP contribution in [0.4, 0.5) is 0 Å². The van der Waals surface area contributed by atoms with Crippen molar-refractivity contribution >= 4 is 0 Å².